The second-order valence-electron chi connectivity index (χ2n) is 3.96. The normalized spacial score (nSPS) is 10.1. The zero-order valence-corrected chi connectivity index (χ0v) is 9.91. The molecular formula is C13H21N. The number of rotatable bonds is 1. The van der Waals surface area contributed by atoms with Gasteiger partial charge in [0.25, 0.3) is 0 Å². The predicted octanol–water partition coefficient (Wildman–Crippen LogP) is 4.09. The smallest absolute Gasteiger partial charge is 0.0342 e. The number of hydrogen-bond donors (Lipinski definition) is 0. The molecule has 1 heterocycles. The zero-order chi connectivity index (χ0) is 11.0. The van der Waals surface area contributed by atoms with Gasteiger partial charge >= 0.3 is 0 Å². The minimum Gasteiger partial charge on any atom is -0.264 e. The van der Waals surface area contributed by atoms with Crippen molar-refractivity contribution in [3.8, 4) is 0 Å². The van der Waals surface area contributed by atoms with Crippen molar-refractivity contribution in [1.82, 2.24) is 4.98 Å². The molecule has 1 rings (SSSR count). The number of allylic oxidation sites excluding steroid dienone is 1. The van der Waals surface area contributed by atoms with Crippen molar-refractivity contribution in [3.63, 3.8) is 0 Å². The summed E-state index contributed by atoms with van der Waals surface area (Å²) in [6.45, 7) is 10.6. The third kappa shape index (κ3) is 6.41. The number of aryl methyl sites for hydroxylation is 1. The van der Waals surface area contributed by atoms with E-state index in [4.69, 9.17) is 0 Å². The summed E-state index contributed by atoms with van der Waals surface area (Å²) in [7, 11) is 0. The van der Waals surface area contributed by atoms with Gasteiger partial charge in [0.15, 0.2) is 0 Å². The Labute approximate surface area is 87.9 Å². The summed E-state index contributed by atoms with van der Waals surface area (Å²) >= 11 is 0. The Kier molecular flexibility index (Phi) is 6.73. The van der Waals surface area contributed by atoms with E-state index >= 15 is 0 Å². The third-order valence-corrected chi connectivity index (χ3v) is 1.43. The van der Waals surface area contributed by atoms with Crippen LogP contribution in [0.2, 0.25) is 0 Å². The first-order valence-electron chi connectivity index (χ1n) is 5.11. The summed E-state index contributed by atoms with van der Waals surface area (Å²) in [5.74, 6) is 0.833. The van der Waals surface area contributed by atoms with Gasteiger partial charge in [-0.05, 0) is 37.0 Å². The molecular weight excluding hydrogens is 170 g/mol. The molecule has 0 radical (unpaired) electrons. The molecule has 0 saturated heterocycles. The van der Waals surface area contributed by atoms with Crippen LogP contribution in [0.4, 0.5) is 0 Å². The van der Waals surface area contributed by atoms with E-state index in [0.29, 0.717) is 0 Å². The molecule has 0 amide bonds. The maximum atomic E-state index is 4.01. The van der Waals surface area contributed by atoms with Crippen LogP contribution in [-0.2, 0) is 0 Å². The molecule has 0 atom stereocenters. The third-order valence-electron chi connectivity index (χ3n) is 1.43. The Balaban J connectivity index is 0.000000364. The lowest BCUT2D eigenvalue weighted by Crippen LogP contribution is -1.80. The Morgan fingerprint density at radius 3 is 2.29 bits per heavy atom. The molecule has 0 spiro atoms. The lowest BCUT2D eigenvalue weighted by molar-refractivity contribution is 0.737. The van der Waals surface area contributed by atoms with Gasteiger partial charge in [0.2, 0.25) is 0 Å². The summed E-state index contributed by atoms with van der Waals surface area (Å²) in [5, 5.41) is 0. The fourth-order valence-electron chi connectivity index (χ4n) is 0.830. The topological polar surface area (TPSA) is 12.9 Å². The zero-order valence-electron chi connectivity index (χ0n) is 9.91. The fourth-order valence-corrected chi connectivity index (χ4v) is 0.830. The minimum atomic E-state index is 0.833. The van der Waals surface area contributed by atoms with Crippen molar-refractivity contribution < 1.29 is 0 Å². The fraction of sp³-hybridized carbons (Fsp3) is 0.462. The molecule has 0 unspecified atom stereocenters. The van der Waals surface area contributed by atoms with Gasteiger partial charge < -0.3 is 0 Å². The maximum absolute atomic E-state index is 4.01. The quantitative estimate of drug-likeness (QED) is 0.651. The number of pyridine rings is 1. The van der Waals surface area contributed by atoms with Gasteiger partial charge in [0.05, 0.1) is 0 Å². The maximum Gasteiger partial charge on any atom is 0.0342 e. The molecule has 1 aromatic rings. The molecule has 1 heteroatoms. The highest BCUT2D eigenvalue weighted by Crippen LogP contribution is 2.05. The Hall–Kier alpha value is -1.11. The molecule has 0 aliphatic rings. The predicted molar refractivity (Wildman–Crippen MR) is 64.2 cm³/mol. The van der Waals surface area contributed by atoms with Crippen LogP contribution in [-0.4, -0.2) is 4.98 Å². The van der Waals surface area contributed by atoms with Crippen LogP contribution in [0.1, 0.15) is 38.8 Å². The molecule has 1 aromatic heterocycles. The Morgan fingerprint density at radius 2 is 1.86 bits per heavy atom. The number of nitrogens with zero attached hydrogens (tertiary/aromatic N) is 1. The highest BCUT2D eigenvalue weighted by molar-refractivity contribution is 5.51. The first-order valence-corrected chi connectivity index (χ1v) is 5.11. The van der Waals surface area contributed by atoms with Gasteiger partial charge in [-0.25, -0.2) is 0 Å². The second kappa shape index (κ2) is 7.31. The molecule has 0 aliphatic heterocycles. The van der Waals surface area contributed by atoms with Crippen LogP contribution in [0.15, 0.2) is 24.5 Å². The number of hydrogen-bond acceptors (Lipinski definition) is 1. The Morgan fingerprint density at radius 1 is 1.29 bits per heavy atom. The van der Waals surface area contributed by atoms with Gasteiger partial charge in [0, 0.05) is 12.4 Å². The largest absolute Gasteiger partial charge is 0.264 e. The van der Waals surface area contributed by atoms with E-state index in [1.165, 1.54) is 11.1 Å². The second-order valence-corrected chi connectivity index (χ2v) is 3.96. The van der Waals surface area contributed by atoms with Gasteiger partial charge in [-0.1, -0.05) is 32.9 Å². The van der Waals surface area contributed by atoms with Crippen LogP contribution < -0.4 is 0 Å². The van der Waals surface area contributed by atoms with E-state index in [2.05, 4.69) is 38.8 Å². The number of aromatic nitrogens is 1. The minimum absolute atomic E-state index is 0.833. The van der Waals surface area contributed by atoms with Gasteiger partial charge in [-0.3, -0.25) is 4.98 Å². The van der Waals surface area contributed by atoms with Crippen molar-refractivity contribution in [3.05, 3.63) is 35.7 Å². The molecule has 0 saturated carbocycles. The van der Waals surface area contributed by atoms with Crippen molar-refractivity contribution in [2.75, 3.05) is 0 Å². The van der Waals surface area contributed by atoms with E-state index < -0.39 is 0 Å². The van der Waals surface area contributed by atoms with Crippen molar-refractivity contribution in [2.24, 2.45) is 5.92 Å². The van der Waals surface area contributed by atoms with Gasteiger partial charge in [-0.15, -0.1) is 0 Å². The Bertz CT molecular complexity index is 272. The summed E-state index contributed by atoms with van der Waals surface area (Å²) < 4.78 is 0. The summed E-state index contributed by atoms with van der Waals surface area (Å²) in [6.07, 6.45) is 7.75. The monoisotopic (exact) mass is 191 g/mol. The molecule has 1 nitrogen and oxygen atoms in total. The first-order chi connectivity index (χ1) is 6.57. The van der Waals surface area contributed by atoms with Crippen molar-refractivity contribution >= 4 is 6.08 Å². The van der Waals surface area contributed by atoms with E-state index in [-0.39, 0.29) is 0 Å². The van der Waals surface area contributed by atoms with E-state index in [1.807, 2.05) is 31.5 Å². The van der Waals surface area contributed by atoms with E-state index in [9.17, 15) is 0 Å². The molecule has 0 fully saturated rings. The molecule has 0 N–H and O–H groups in total. The molecule has 0 aliphatic carbocycles. The van der Waals surface area contributed by atoms with Crippen molar-refractivity contribution in [1.29, 1.82) is 0 Å². The van der Waals surface area contributed by atoms with Crippen LogP contribution in [0.25, 0.3) is 6.08 Å². The van der Waals surface area contributed by atoms with Crippen molar-refractivity contribution in [2.45, 2.75) is 34.6 Å². The van der Waals surface area contributed by atoms with Crippen LogP contribution >= 0.6 is 0 Å². The van der Waals surface area contributed by atoms with Crippen LogP contribution in [0.5, 0.6) is 0 Å². The standard InChI is InChI=1S/C9H11N.C4H10/c1-3-4-9-7-10-6-5-8(9)2;1-4(2)3/h3-7H,1-2H3;4H,1-3H3/b4-3-;. The highest BCUT2D eigenvalue weighted by atomic mass is 14.6. The molecule has 78 valence electrons. The average Bonchev–Trinajstić information content (AvgIpc) is 2.08. The van der Waals surface area contributed by atoms with Gasteiger partial charge in [-0.2, -0.15) is 0 Å². The SMILES string of the molecule is C/C=C\c1cnccc1C.CC(C)C. The summed E-state index contributed by atoms with van der Waals surface area (Å²) in [6, 6.07) is 2.01. The van der Waals surface area contributed by atoms with Crippen LogP contribution in [0, 0.1) is 12.8 Å². The summed E-state index contributed by atoms with van der Waals surface area (Å²) in [5.41, 5.74) is 2.47. The lowest BCUT2D eigenvalue weighted by atomic mass is 10.1. The van der Waals surface area contributed by atoms with Gasteiger partial charge in [0.1, 0.15) is 0 Å². The molecule has 0 aromatic carbocycles. The van der Waals surface area contributed by atoms with Crippen LogP contribution in [0.3, 0.4) is 0 Å². The molecule has 14 heavy (non-hydrogen) atoms. The summed E-state index contributed by atoms with van der Waals surface area (Å²) in [4.78, 5) is 4.01. The average molecular weight is 191 g/mol. The first kappa shape index (κ1) is 12.9. The lowest BCUT2D eigenvalue weighted by Gasteiger charge is -1.95. The molecule has 0 bridgehead atoms. The highest BCUT2D eigenvalue weighted by Gasteiger charge is 1.88. The van der Waals surface area contributed by atoms with E-state index in [0.717, 1.165) is 5.92 Å². The van der Waals surface area contributed by atoms with E-state index in [1.54, 1.807) is 0 Å².